The number of halogens is 2. The molecule has 1 atom stereocenters. The van der Waals surface area contributed by atoms with E-state index in [1.165, 1.54) is 0 Å². The Morgan fingerprint density at radius 2 is 2.00 bits per heavy atom. The first kappa shape index (κ1) is 12.7. The van der Waals surface area contributed by atoms with Crippen molar-refractivity contribution < 1.29 is 4.79 Å². The third kappa shape index (κ3) is 4.35. The molecule has 0 N–H and O–H groups in total. The predicted molar refractivity (Wildman–Crippen MR) is 67.1 cm³/mol. The highest BCUT2D eigenvalue weighted by molar-refractivity contribution is 9.10. The molecule has 0 spiro atoms. The van der Waals surface area contributed by atoms with Gasteiger partial charge in [-0.2, -0.15) is 0 Å². The molecular formula is C12H14BrClO. The first-order valence-electron chi connectivity index (χ1n) is 5.07. The van der Waals surface area contributed by atoms with Gasteiger partial charge in [-0.05, 0) is 42.1 Å². The largest absolute Gasteiger partial charge is 0.281 e. The lowest BCUT2D eigenvalue weighted by Gasteiger charge is -2.11. The van der Waals surface area contributed by atoms with Crippen LogP contribution in [-0.4, -0.2) is 5.24 Å². The van der Waals surface area contributed by atoms with Crippen LogP contribution in [0.2, 0.25) is 0 Å². The Hall–Kier alpha value is -0.340. The van der Waals surface area contributed by atoms with Crippen LogP contribution in [0.1, 0.15) is 25.3 Å². The van der Waals surface area contributed by atoms with Crippen molar-refractivity contribution in [3.05, 3.63) is 34.3 Å². The number of benzene rings is 1. The topological polar surface area (TPSA) is 17.1 Å². The fourth-order valence-electron chi connectivity index (χ4n) is 1.55. The Morgan fingerprint density at radius 1 is 1.40 bits per heavy atom. The van der Waals surface area contributed by atoms with Gasteiger partial charge < -0.3 is 0 Å². The van der Waals surface area contributed by atoms with E-state index in [0.717, 1.165) is 29.3 Å². The zero-order valence-corrected chi connectivity index (χ0v) is 11.0. The summed E-state index contributed by atoms with van der Waals surface area (Å²) in [6, 6.07) is 8.01. The van der Waals surface area contributed by atoms with Gasteiger partial charge in [0.25, 0.3) is 0 Å². The molecule has 1 nitrogen and oxygen atoms in total. The lowest BCUT2D eigenvalue weighted by Crippen LogP contribution is -2.11. The molecular weight excluding hydrogens is 275 g/mol. The number of rotatable bonds is 5. The van der Waals surface area contributed by atoms with Gasteiger partial charge in [0.2, 0.25) is 5.24 Å². The highest BCUT2D eigenvalue weighted by Crippen LogP contribution is 2.18. The van der Waals surface area contributed by atoms with Gasteiger partial charge in [-0.1, -0.05) is 41.4 Å². The molecule has 15 heavy (non-hydrogen) atoms. The minimum Gasteiger partial charge on any atom is -0.281 e. The average Bonchev–Trinajstić information content (AvgIpc) is 2.20. The van der Waals surface area contributed by atoms with E-state index in [0.29, 0.717) is 0 Å². The molecule has 0 heterocycles. The Labute approximate surface area is 104 Å². The van der Waals surface area contributed by atoms with Crippen LogP contribution in [0.5, 0.6) is 0 Å². The molecule has 1 unspecified atom stereocenters. The van der Waals surface area contributed by atoms with Crippen molar-refractivity contribution in [2.24, 2.45) is 5.92 Å². The van der Waals surface area contributed by atoms with Gasteiger partial charge >= 0.3 is 0 Å². The monoisotopic (exact) mass is 288 g/mol. The summed E-state index contributed by atoms with van der Waals surface area (Å²) < 4.78 is 1.05. The van der Waals surface area contributed by atoms with E-state index in [2.05, 4.69) is 22.9 Å². The summed E-state index contributed by atoms with van der Waals surface area (Å²) in [4.78, 5) is 11.2. The molecule has 0 amide bonds. The minimum absolute atomic E-state index is 0.0437. The Bertz CT molecular complexity index is 321. The van der Waals surface area contributed by atoms with E-state index in [1.807, 2.05) is 24.3 Å². The van der Waals surface area contributed by atoms with Crippen molar-refractivity contribution in [3.8, 4) is 0 Å². The van der Waals surface area contributed by atoms with Crippen LogP contribution in [0.15, 0.2) is 28.7 Å². The molecule has 82 valence electrons. The van der Waals surface area contributed by atoms with Gasteiger partial charge in [-0.3, -0.25) is 4.79 Å². The smallest absolute Gasteiger partial charge is 0.225 e. The lowest BCUT2D eigenvalue weighted by atomic mass is 9.96. The van der Waals surface area contributed by atoms with Crippen LogP contribution in [0.3, 0.4) is 0 Å². The van der Waals surface area contributed by atoms with Gasteiger partial charge in [-0.25, -0.2) is 0 Å². The highest BCUT2D eigenvalue weighted by atomic mass is 79.9. The highest BCUT2D eigenvalue weighted by Gasteiger charge is 2.15. The molecule has 0 saturated heterocycles. The van der Waals surface area contributed by atoms with Gasteiger partial charge in [0.05, 0.1) is 0 Å². The normalized spacial score (nSPS) is 12.5. The quantitative estimate of drug-likeness (QED) is 0.743. The lowest BCUT2D eigenvalue weighted by molar-refractivity contribution is -0.115. The van der Waals surface area contributed by atoms with Crippen LogP contribution in [0, 0.1) is 5.92 Å². The summed E-state index contributed by atoms with van der Waals surface area (Å²) in [6.45, 7) is 2.06. The van der Waals surface area contributed by atoms with Crippen LogP contribution in [0.25, 0.3) is 0 Å². The molecule has 1 rings (SSSR count). The van der Waals surface area contributed by atoms with Gasteiger partial charge in [0, 0.05) is 10.4 Å². The van der Waals surface area contributed by atoms with Crippen LogP contribution in [0.4, 0.5) is 0 Å². The summed E-state index contributed by atoms with van der Waals surface area (Å²) >= 11 is 8.93. The van der Waals surface area contributed by atoms with Crippen molar-refractivity contribution in [1.82, 2.24) is 0 Å². The van der Waals surface area contributed by atoms with E-state index >= 15 is 0 Å². The molecule has 0 radical (unpaired) electrons. The fourth-order valence-corrected chi connectivity index (χ4v) is 2.00. The minimum atomic E-state index is -0.222. The van der Waals surface area contributed by atoms with Crippen molar-refractivity contribution in [3.63, 3.8) is 0 Å². The zero-order valence-electron chi connectivity index (χ0n) is 8.67. The first-order valence-corrected chi connectivity index (χ1v) is 6.24. The SMILES string of the molecule is CCCC(Cc1ccc(Br)cc1)C(=O)Cl. The molecule has 0 aliphatic carbocycles. The van der Waals surface area contributed by atoms with Gasteiger partial charge in [-0.15, -0.1) is 0 Å². The summed E-state index contributed by atoms with van der Waals surface area (Å²) in [7, 11) is 0. The maximum Gasteiger partial charge on any atom is 0.225 e. The first-order chi connectivity index (χ1) is 7.13. The fraction of sp³-hybridized carbons (Fsp3) is 0.417. The molecule has 1 aromatic rings. The van der Waals surface area contributed by atoms with Crippen molar-refractivity contribution >= 4 is 32.8 Å². The maximum atomic E-state index is 11.2. The van der Waals surface area contributed by atoms with E-state index in [1.54, 1.807) is 0 Å². The molecule has 0 aliphatic rings. The Morgan fingerprint density at radius 3 is 2.47 bits per heavy atom. The van der Waals surface area contributed by atoms with Crippen molar-refractivity contribution in [1.29, 1.82) is 0 Å². The molecule has 0 aliphatic heterocycles. The summed E-state index contributed by atoms with van der Waals surface area (Å²) in [5, 5.41) is -0.222. The molecule has 1 aromatic carbocycles. The predicted octanol–water partition coefficient (Wildman–Crippen LogP) is 4.17. The standard InChI is InChI=1S/C12H14BrClO/c1-2-3-10(12(14)15)8-9-4-6-11(13)7-5-9/h4-7,10H,2-3,8H2,1H3. The summed E-state index contributed by atoms with van der Waals surface area (Å²) in [5.74, 6) is -0.0437. The van der Waals surface area contributed by atoms with E-state index in [4.69, 9.17) is 11.6 Å². The van der Waals surface area contributed by atoms with E-state index in [-0.39, 0.29) is 11.2 Å². The maximum absolute atomic E-state index is 11.2. The van der Waals surface area contributed by atoms with Crippen molar-refractivity contribution in [2.45, 2.75) is 26.2 Å². The number of carbonyl (C=O) groups excluding carboxylic acids is 1. The second-order valence-electron chi connectivity index (χ2n) is 3.62. The number of hydrogen-bond donors (Lipinski definition) is 0. The molecule has 0 saturated carbocycles. The molecule has 0 bridgehead atoms. The van der Waals surface area contributed by atoms with Crippen molar-refractivity contribution in [2.75, 3.05) is 0 Å². The summed E-state index contributed by atoms with van der Waals surface area (Å²) in [6.07, 6.45) is 2.58. The van der Waals surface area contributed by atoms with Crippen LogP contribution in [-0.2, 0) is 11.2 Å². The zero-order chi connectivity index (χ0) is 11.3. The van der Waals surface area contributed by atoms with Crippen LogP contribution < -0.4 is 0 Å². The van der Waals surface area contributed by atoms with E-state index < -0.39 is 0 Å². The second kappa shape index (κ2) is 6.29. The number of hydrogen-bond acceptors (Lipinski definition) is 1. The average molecular weight is 290 g/mol. The molecule has 0 fully saturated rings. The van der Waals surface area contributed by atoms with Gasteiger partial charge in [0.15, 0.2) is 0 Å². The second-order valence-corrected chi connectivity index (χ2v) is 4.91. The Balaban J connectivity index is 2.65. The van der Waals surface area contributed by atoms with Crippen LogP contribution >= 0.6 is 27.5 Å². The van der Waals surface area contributed by atoms with Gasteiger partial charge in [0.1, 0.15) is 0 Å². The third-order valence-electron chi connectivity index (χ3n) is 2.35. The number of carbonyl (C=O) groups is 1. The third-order valence-corrected chi connectivity index (χ3v) is 3.19. The molecule has 0 aromatic heterocycles. The molecule has 3 heteroatoms. The summed E-state index contributed by atoms with van der Waals surface area (Å²) in [5.41, 5.74) is 1.16. The van der Waals surface area contributed by atoms with E-state index in [9.17, 15) is 4.79 Å². The Kier molecular flexibility index (Phi) is 5.34.